The lowest BCUT2D eigenvalue weighted by Crippen LogP contribution is -2.26. The van der Waals surface area contributed by atoms with Gasteiger partial charge in [0.05, 0.1) is 51.6 Å². The van der Waals surface area contributed by atoms with E-state index in [0.717, 1.165) is 46.1 Å². The van der Waals surface area contributed by atoms with Crippen LogP contribution in [0.4, 0.5) is 11.5 Å². The van der Waals surface area contributed by atoms with Gasteiger partial charge in [-0.3, -0.25) is 19.6 Å². The van der Waals surface area contributed by atoms with Gasteiger partial charge in [0.2, 0.25) is 11.8 Å². The molecule has 1 saturated heterocycles. The summed E-state index contributed by atoms with van der Waals surface area (Å²) in [6.07, 6.45) is 0.988. The first kappa shape index (κ1) is 28.8. The van der Waals surface area contributed by atoms with Crippen LogP contribution in [-0.2, 0) is 25.5 Å². The molecule has 218 valence electrons. The zero-order chi connectivity index (χ0) is 28.8. The predicted molar refractivity (Wildman–Crippen MR) is 155 cm³/mol. The van der Waals surface area contributed by atoms with E-state index in [1.165, 1.54) is 23.7 Å². The number of amides is 2. The van der Waals surface area contributed by atoms with Gasteiger partial charge in [0.15, 0.2) is 17.3 Å². The van der Waals surface area contributed by atoms with E-state index in [1.54, 1.807) is 14.2 Å². The van der Waals surface area contributed by atoms with E-state index >= 15 is 0 Å². The van der Waals surface area contributed by atoms with Crippen LogP contribution in [0.1, 0.15) is 17.5 Å². The number of rotatable bonds is 15. The Balaban J connectivity index is 1.05. The third-order valence-electron chi connectivity index (χ3n) is 6.97. The molecule has 0 radical (unpaired) electrons. The maximum Gasteiger partial charge on any atom is 0.242 e. The summed E-state index contributed by atoms with van der Waals surface area (Å²) in [5.41, 5.74) is 5.10. The molecule has 11 nitrogen and oxygen atoms in total. The number of likely N-dealkylation sites (tertiary alicyclic amines) is 1. The molecule has 0 spiro atoms. The fourth-order valence-electron chi connectivity index (χ4n) is 4.78. The lowest BCUT2D eigenvalue weighted by atomic mass is 10.1. The lowest BCUT2D eigenvalue weighted by molar-refractivity contribution is -0.136. The van der Waals surface area contributed by atoms with Crippen LogP contribution < -0.4 is 19.5 Å². The average Bonchev–Trinajstić information content (AvgIpc) is 3.62. The van der Waals surface area contributed by atoms with Crippen molar-refractivity contribution in [3.8, 4) is 28.5 Å². The molecule has 12 heteroatoms. The second-order valence-corrected chi connectivity index (χ2v) is 10.9. The topological polar surface area (TPSA) is 124 Å². The second kappa shape index (κ2) is 13.3. The van der Waals surface area contributed by atoms with E-state index in [0.29, 0.717) is 50.3 Å². The molecule has 1 aromatic heterocycles. The SMILES string of the molecule is COc1cccc(Nc2n[nH]c3c2Cc2cc(OC)c(OCCOCCOCCSC4CC(=O)N(C)C4=O)cc2-3)c1. The van der Waals surface area contributed by atoms with Crippen LogP contribution >= 0.6 is 11.8 Å². The number of thioether (sulfide) groups is 1. The highest BCUT2D eigenvalue weighted by Gasteiger charge is 2.36. The quantitative estimate of drug-likeness (QED) is 0.159. The van der Waals surface area contributed by atoms with Crippen molar-refractivity contribution < 1.29 is 33.3 Å². The molecule has 1 aliphatic heterocycles. The van der Waals surface area contributed by atoms with E-state index < -0.39 is 0 Å². The van der Waals surface area contributed by atoms with E-state index in [4.69, 9.17) is 23.7 Å². The van der Waals surface area contributed by atoms with Crippen LogP contribution in [0.2, 0.25) is 0 Å². The van der Waals surface area contributed by atoms with Crippen LogP contribution in [0.25, 0.3) is 11.3 Å². The van der Waals surface area contributed by atoms with Gasteiger partial charge in [0, 0.05) is 48.5 Å². The van der Waals surface area contributed by atoms with Crippen LogP contribution in [0.15, 0.2) is 36.4 Å². The molecule has 5 rings (SSSR count). The number of carbonyl (C=O) groups excluding carboxylic acids is 2. The maximum atomic E-state index is 11.9. The Hall–Kier alpha value is -3.74. The fourth-order valence-corrected chi connectivity index (χ4v) is 5.84. The minimum absolute atomic E-state index is 0.125. The number of H-pyrrole nitrogens is 1. The monoisotopic (exact) mass is 582 g/mol. The molecule has 2 heterocycles. The fraction of sp³-hybridized carbons (Fsp3) is 0.414. The first-order valence-electron chi connectivity index (χ1n) is 13.4. The molecule has 2 aromatic carbocycles. The summed E-state index contributed by atoms with van der Waals surface area (Å²) in [6.45, 7) is 2.11. The number of aromatic amines is 1. The summed E-state index contributed by atoms with van der Waals surface area (Å²) >= 11 is 1.46. The molecule has 1 aliphatic carbocycles. The van der Waals surface area contributed by atoms with E-state index in [9.17, 15) is 9.59 Å². The molecular weight excluding hydrogens is 548 g/mol. The molecular formula is C29H34N4O7S. The Morgan fingerprint density at radius 3 is 2.59 bits per heavy atom. The van der Waals surface area contributed by atoms with Crippen LogP contribution in [0.3, 0.4) is 0 Å². The van der Waals surface area contributed by atoms with Gasteiger partial charge >= 0.3 is 0 Å². The number of ether oxygens (including phenoxy) is 5. The van der Waals surface area contributed by atoms with Crippen LogP contribution in [-0.4, -0.2) is 92.2 Å². The molecule has 2 N–H and O–H groups in total. The molecule has 0 saturated carbocycles. The second-order valence-electron chi connectivity index (χ2n) is 9.55. The number of hydrogen-bond donors (Lipinski definition) is 2. The lowest BCUT2D eigenvalue weighted by Gasteiger charge is -2.13. The zero-order valence-corrected chi connectivity index (χ0v) is 24.2. The smallest absolute Gasteiger partial charge is 0.242 e. The first-order valence-corrected chi connectivity index (χ1v) is 14.4. The van der Waals surface area contributed by atoms with Gasteiger partial charge < -0.3 is 29.0 Å². The number of anilines is 2. The first-order chi connectivity index (χ1) is 20.0. The summed E-state index contributed by atoms with van der Waals surface area (Å²) in [5, 5.41) is 10.8. The number of nitrogens with one attached hydrogen (secondary N) is 2. The van der Waals surface area contributed by atoms with Crippen LogP contribution in [0, 0.1) is 0 Å². The Labute approximate surface area is 242 Å². The van der Waals surface area contributed by atoms with Gasteiger partial charge in [0.1, 0.15) is 12.4 Å². The molecule has 2 aliphatic rings. The molecule has 41 heavy (non-hydrogen) atoms. The molecule has 1 atom stereocenters. The number of fused-ring (bicyclic) bond motifs is 3. The van der Waals surface area contributed by atoms with Crippen LogP contribution in [0.5, 0.6) is 17.2 Å². The maximum absolute atomic E-state index is 11.9. The zero-order valence-electron chi connectivity index (χ0n) is 23.4. The largest absolute Gasteiger partial charge is 0.497 e. The number of hydrogen-bond acceptors (Lipinski definition) is 10. The summed E-state index contributed by atoms with van der Waals surface area (Å²) in [5.74, 6) is 3.25. The summed E-state index contributed by atoms with van der Waals surface area (Å²) < 4.78 is 28.2. The van der Waals surface area contributed by atoms with Crippen molar-refractivity contribution in [2.24, 2.45) is 0 Å². The van der Waals surface area contributed by atoms with Crippen molar-refractivity contribution in [1.82, 2.24) is 15.1 Å². The number of nitrogens with zero attached hydrogens (tertiary/aromatic N) is 2. The summed E-state index contributed by atoms with van der Waals surface area (Å²) in [4.78, 5) is 24.7. The highest BCUT2D eigenvalue weighted by Crippen LogP contribution is 2.44. The van der Waals surface area contributed by atoms with E-state index in [2.05, 4.69) is 15.5 Å². The molecule has 2 amide bonds. The van der Waals surface area contributed by atoms with Crippen molar-refractivity contribution in [3.05, 3.63) is 47.5 Å². The predicted octanol–water partition coefficient (Wildman–Crippen LogP) is 3.64. The van der Waals surface area contributed by atoms with Crippen molar-refractivity contribution in [2.75, 3.05) is 65.4 Å². The van der Waals surface area contributed by atoms with Crippen molar-refractivity contribution in [2.45, 2.75) is 18.1 Å². The highest BCUT2D eigenvalue weighted by atomic mass is 32.2. The summed E-state index contributed by atoms with van der Waals surface area (Å²) in [6, 6.07) is 11.7. The number of aromatic nitrogens is 2. The van der Waals surface area contributed by atoms with Gasteiger partial charge in [-0.25, -0.2) is 0 Å². The van der Waals surface area contributed by atoms with Crippen molar-refractivity contribution in [3.63, 3.8) is 0 Å². The van der Waals surface area contributed by atoms with Gasteiger partial charge in [-0.1, -0.05) is 6.07 Å². The van der Waals surface area contributed by atoms with Gasteiger partial charge in [-0.15, -0.1) is 11.8 Å². The Kier molecular flexibility index (Phi) is 9.32. The van der Waals surface area contributed by atoms with E-state index in [-0.39, 0.29) is 23.5 Å². The minimum atomic E-state index is -0.293. The highest BCUT2D eigenvalue weighted by molar-refractivity contribution is 8.00. The van der Waals surface area contributed by atoms with E-state index in [1.807, 2.05) is 36.4 Å². The Morgan fingerprint density at radius 1 is 1.02 bits per heavy atom. The average molecular weight is 583 g/mol. The van der Waals surface area contributed by atoms with Gasteiger partial charge in [-0.05, 0) is 29.8 Å². The minimum Gasteiger partial charge on any atom is -0.497 e. The normalized spacial score (nSPS) is 15.7. The molecule has 0 bridgehead atoms. The number of benzene rings is 2. The Morgan fingerprint density at radius 2 is 1.83 bits per heavy atom. The number of methoxy groups -OCH3 is 2. The number of imide groups is 1. The summed E-state index contributed by atoms with van der Waals surface area (Å²) in [7, 11) is 4.80. The molecule has 1 fully saturated rings. The standard InChI is InChI=1S/C29H34N4O7S/c1-33-26(34)17-25(29(33)35)41-12-11-39-8-7-38-9-10-40-24-16-21-18(14-23(24)37-3)13-22-27(21)31-32-28(22)30-19-5-4-6-20(15-19)36-2/h4-6,14-16,25H,7-13,17H2,1-3H3,(H2,30,31,32). The molecule has 3 aromatic rings. The number of carbonyl (C=O) groups is 2. The van der Waals surface area contributed by atoms with Gasteiger partial charge in [0.25, 0.3) is 0 Å². The Bertz CT molecular complexity index is 1400. The van der Waals surface area contributed by atoms with Crippen molar-refractivity contribution >= 4 is 35.1 Å². The third-order valence-corrected chi connectivity index (χ3v) is 8.14. The van der Waals surface area contributed by atoms with Crippen molar-refractivity contribution in [1.29, 1.82) is 0 Å². The molecule has 1 unspecified atom stereocenters. The third kappa shape index (κ3) is 6.61. The van der Waals surface area contributed by atoms with Gasteiger partial charge in [-0.2, -0.15) is 5.10 Å².